The van der Waals surface area contributed by atoms with Gasteiger partial charge in [0.25, 0.3) is 0 Å². The maximum atomic E-state index is 13.2. The van der Waals surface area contributed by atoms with Gasteiger partial charge in [-0.05, 0) is 59.9 Å². The Labute approximate surface area is 126 Å². The van der Waals surface area contributed by atoms with Crippen molar-refractivity contribution in [3.05, 3.63) is 89.8 Å². The van der Waals surface area contributed by atoms with Crippen molar-refractivity contribution < 1.29 is 4.39 Å². The Morgan fingerprint density at radius 2 is 1.81 bits per heavy atom. The van der Waals surface area contributed by atoms with Crippen molar-refractivity contribution in [2.24, 2.45) is 0 Å². The van der Waals surface area contributed by atoms with Gasteiger partial charge in [-0.15, -0.1) is 0 Å². The van der Waals surface area contributed by atoms with E-state index < -0.39 is 0 Å². The lowest BCUT2D eigenvalue weighted by atomic mass is 9.99. The number of aryl methyl sites for hydroxylation is 1. The molecule has 0 heterocycles. The van der Waals surface area contributed by atoms with Gasteiger partial charge in [0, 0.05) is 0 Å². The quantitative estimate of drug-likeness (QED) is 0.611. The smallest absolute Gasteiger partial charge is 0.123 e. The van der Waals surface area contributed by atoms with Crippen LogP contribution in [-0.4, -0.2) is 0 Å². The molecule has 106 valence electrons. The molecule has 0 saturated heterocycles. The lowest BCUT2D eigenvalue weighted by Crippen LogP contribution is -1.86. The van der Waals surface area contributed by atoms with E-state index in [4.69, 9.17) is 0 Å². The normalized spacial score (nSPS) is 10.8. The highest BCUT2D eigenvalue weighted by molar-refractivity contribution is 5.78. The first-order chi connectivity index (χ1) is 9.97. The van der Waals surface area contributed by atoms with Crippen molar-refractivity contribution in [2.75, 3.05) is 0 Å². The fraction of sp³-hybridized carbons (Fsp3) is 0.100. The van der Waals surface area contributed by atoms with Crippen LogP contribution in [0.1, 0.15) is 29.2 Å². The topological polar surface area (TPSA) is 0 Å². The third kappa shape index (κ3) is 3.79. The van der Waals surface area contributed by atoms with Crippen LogP contribution in [0.5, 0.6) is 0 Å². The van der Waals surface area contributed by atoms with Crippen LogP contribution in [0.2, 0.25) is 0 Å². The predicted octanol–water partition coefficient (Wildman–Crippen LogP) is 5.89. The fourth-order valence-corrected chi connectivity index (χ4v) is 2.06. The van der Waals surface area contributed by atoms with Crippen molar-refractivity contribution in [3.63, 3.8) is 0 Å². The molecule has 0 aliphatic carbocycles. The molecule has 1 heteroatoms. The molecular weight excluding hydrogens is 259 g/mol. The Morgan fingerprint density at radius 3 is 2.48 bits per heavy atom. The molecule has 0 saturated carbocycles. The molecular formula is C20H19F. The van der Waals surface area contributed by atoms with Crippen molar-refractivity contribution >= 4 is 17.2 Å². The number of hydrogen-bond acceptors (Lipinski definition) is 0. The molecule has 2 aromatic rings. The summed E-state index contributed by atoms with van der Waals surface area (Å²) >= 11 is 0. The van der Waals surface area contributed by atoms with Crippen LogP contribution in [0.25, 0.3) is 17.2 Å². The van der Waals surface area contributed by atoms with E-state index in [1.807, 2.05) is 25.1 Å². The molecule has 0 fully saturated rings. The largest absolute Gasteiger partial charge is 0.207 e. The molecule has 0 nitrogen and oxygen atoms in total. The van der Waals surface area contributed by atoms with Gasteiger partial charge in [-0.2, -0.15) is 0 Å². The molecule has 0 unspecified atom stereocenters. The van der Waals surface area contributed by atoms with Crippen molar-refractivity contribution in [3.8, 4) is 0 Å². The SMILES string of the molecule is C=C(C)c1ccc(C)c(/C=C\C(=C)c2cccc(F)c2)c1. The molecule has 21 heavy (non-hydrogen) atoms. The van der Waals surface area contributed by atoms with E-state index in [-0.39, 0.29) is 5.82 Å². The zero-order valence-corrected chi connectivity index (χ0v) is 12.5. The number of allylic oxidation sites excluding steroid dienone is 3. The van der Waals surface area contributed by atoms with E-state index >= 15 is 0 Å². The highest BCUT2D eigenvalue weighted by atomic mass is 19.1. The number of halogens is 1. The monoisotopic (exact) mass is 278 g/mol. The summed E-state index contributed by atoms with van der Waals surface area (Å²) in [7, 11) is 0. The molecule has 0 spiro atoms. The number of hydrogen-bond donors (Lipinski definition) is 0. The minimum atomic E-state index is -0.248. The van der Waals surface area contributed by atoms with E-state index in [9.17, 15) is 4.39 Å². The van der Waals surface area contributed by atoms with E-state index in [0.717, 1.165) is 27.8 Å². The lowest BCUT2D eigenvalue weighted by molar-refractivity contribution is 0.627. The first-order valence-electron chi connectivity index (χ1n) is 6.87. The minimum absolute atomic E-state index is 0.248. The fourth-order valence-electron chi connectivity index (χ4n) is 2.06. The van der Waals surface area contributed by atoms with Crippen LogP contribution in [0.15, 0.2) is 61.7 Å². The molecule has 0 amide bonds. The second-order valence-electron chi connectivity index (χ2n) is 5.22. The summed E-state index contributed by atoms with van der Waals surface area (Å²) in [5, 5.41) is 0. The summed E-state index contributed by atoms with van der Waals surface area (Å²) in [5.74, 6) is -0.248. The average molecular weight is 278 g/mol. The minimum Gasteiger partial charge on any atom is -0.207 e. The lowest BCUT2D eigenvalue weighted by Gasteiger charge is -2.06. The Hall–Kier alpha value is -2.41. The Morgan fingerprint density at radius 1 is 1.05 bits per heavy atom. The summed E-state index contributed by atoms with van der Waals surface area (Å²) in [6, 6.07) is 12.7. The van der Waals surface area contributed by atoms with Gasteiger partial charge in [-0.1, -0.05) is 55.1 Å². The van der Waals surface area contributed by atoms with Crippen molar-refractivity contribution in [1.29, 1.82) is 0 Å². The molecule has 0 atom stereocenters. The van der Waals surface area contributed by atoms with E-state index in [1.165, 1.54) is 17.7 Å². The summed E-state index contributed by atoms with van der Waals surface area (Å²) < 4.78 is 13.2. The highest BCUT2D eigenvalue weighted by Crippen LogP contribution is 2.21. The third-order valence-electron chi connectivity index (χ3n) is 3.43. The van der Waals surface area contributed by atoms with Crippen LogP contribution < -0.4 is 0 Å². The predicted molar refractivity (Wildman–Crippen MR) is 90.4 cm³/mol. The van der Waals surface area contributed by atoms with Gasteiger partial charge in [-0.25, -0.2) is 4.39 Å². The third-order valence-corrected chi connectivity index (χ3v) is 3.43. The average Bonchev–Trinajstić information content (AvgIpc) is 2.45. The Kier molecular flexibility index (Phi) is 4.54. The van der Waals surface area contributed by atoms with Gasteiger partial charge in [0.1, 0.15) is 5.82 Å². The molecule has 2 aromatic carbocycles. The number of rotatable bonds is 4. The standard InChI is InChI=1S/C20H19F/c1-14(2)17-10-8-16(4)19(12-17)11-9-15(3)18-6-5-7-20(21)13-18/h5-13H,1,3H2,2,4H3/b11-9-. The van der Waals surface area contributed by atoms with Crippen molar-refractivity contribution in [2.45, 2.75) is 13.8 Å². The van der Waals surface area contributed by atoms with Crippen LogP contribution in [0.4, 0.5) is 4.39 Å². The van der Waals surface area contributed by atoms with Gasteiger partial charge >= 0.3 is 0 Å². The molecule has 0 N–H and O–H groups in total. The Balaban J connectivity index is 2.27. The second-order valence-corrected chi connectivity index (χ2v) is 5.22. The Bertz CT molecular complexity index is 720. The highest BCUT2D eigenvalue weighted by Gasteiger charge is 2.00. The van der Waals surface area contributed by atoms with Crippen molar-refractivity contribution in [1.82, 2.24) is 0 Å². The van der Waals surface area contributed by atoms with Gasteiger partial charge in [0.05, 0.1) is 0 Å². The number of benzene rings is 2. The zero-order chi connectivity index (χ0) is 15.4. The van der Waals surface area contributed by atoms with Gasteiger partial charge in [-0.3, -0.25) is 0 Å². The van der Waals surface area contributed by atoms with Crippen LogP contribution >= 0.6 is 0 Å². The first kappa shape index (κ1) is 15.0. The molecule has 0 aliphatic rings. The zero-order valence-electron chi connectivity index (χ0n) is 12.5. The van der Waals surface area contributed by atoms with Crippen LogP contribution in [0.3, 0.4) is 0 Å². The summed E-state index contributed by atoms with van der Waals surface area (Å²) in [6.07, 6.45) is 3.92. The summed E-state index contributed by atoms with van der Waals surface area (Å²) in [4.78, 5) is 0. The van der Waals surface area contributed by atoms with Gasteiger partial charge in [0.15, 0.2) is 0 Å². The summed E-state index contributed by atoms with van der Waals surface area (Å²) in [5.41, 5.74) is 6.04. The van der Waals surface area contributed by atoms with Gasteiger partial charge in [0.2, 0.25) is 0 Å². The first-order valence-corrected chi connectivity index (χ1v) is 6.87. The van der Waals surface area contributed by atoms with E-state index in [1.54, 1.807) is 6.07 Å². The maximum Gasteiger partial charge on any atom is 0.123 e. The summed E-state index contributed by atoms with van der Waals surface area (Å²) in [6.45, 7) is 12.0. The molecule has 0 bridgehead atoms. The van der Waals surface area contributed by atoms with Gasteiger partial charge < -0.3 is 0 Å². The molecule has 2 rings (SSSR count). The van der Waals surface area contributed by atoms with Crippen LogP contribution in [0, 0.1) is 12.7 Å². The van der Waals surface area contributed by atoms with E-state index in [2.05, 4.69) is 38.3 Å². The molecule has 0 radical (unpaired) electrons. The molecule has 0 aromatic heterocycles. The molecule has 0 aliphatic heterocycles. The van der Waals surface area contributed by atoms with Crippen LogP contribution in [-0.2, 0) is 0 Å². The maximum absolute atomic E-state index is 13.2. The second kappa shape index (κ2) is 6.36. The van der Waals surface area contributed by atoms with E-state index in [0.29, 0.717) is 0 Å².